The van der Waals surface area contributed by atoms with Gasteiger partial charge in [-0.05, 0) is 19.8 Å². The van der Waals surface area contributed by atoms with Crippen molar-refractivity contribution >= 4 is 11.8 Å². The summed E-state index contributed by atoms with van der Waals surface area (Å²) >= 11 is 0. The molecule has 2 rings (SSSR count). The zero-order valence-corrected chi connectivity index (χ0v) is 15.3. The molecule has 7 nitrogen and oxygen atoms in total. The number of piperazine rings is 1. The van der Waals surface area contributed by atoms with E-state index >= 15 is 0 Å². The van der Waals surface area contributed by atoms with Gasteiger partial charge in [0.2, 0.25) is 11.8 Å². The van der Waals surface area contributed by atoms with Gasteiger partial charge in [0.15, 0.2) is 0 Å². The minimum Gasteiger partial charge on any atom is -0.444 e. The van der Waals surface area contributed by atoms with E-state index in [9.17, 15) is 15.3 Å². The molecule has 0 saturated carbocycles. The van der Waals surface area contributed by atoms with Gasteiger partial charge in [0.1, 0.15) is 23.4 Å². The van der Waals surface area contributed by atoms with Crippen molar-refractivity contribution in [1.29, 1.82) is 10.5 Å². The number of carbonyl (C=O) groups excluding carboxylic acids is 1. The maximum Gasteiger partial charge on any atom is 0.240 e. The van der Waals surface area contributed by atoms with Crippen molar-refractivity contribution in [3.05, 3.63) is 16.9 Å². The van der Waals surface area contributed by atoms with E-state index in [0.717, 1.165) is 31.7 Å². The lowest BCUT2D eigenvalue weighted by Crippen LogP contribution is -2.52. The van der Waals surface area contributed by atoms with Gasteiger partial charge in [0, 0.05) is 31.7 Å². The van der Waals surface area contributed by atoms with Crippen LogP contribution in [0.1, 0.15) is 30.7 Å². The standard InChI is InChI=1S/C18H25N5O2/c1-12(2)16(10-20)23-7-5-22(6-8-23)11-17(24)21-18-15(9-19)13(3)14(4)25-18/h12,16H,5-8,11H2,1-4H3,(H,21,24)/t16-/m1/s1. The summed E-state index contributed by atoms with van der Waals surface area (Å²) in [5.74, 6) is 0.955. The van der Waals surface area contributed by atoms with Crippen LogP contribution in [0.4, 0.5) is 5.88 Å². The second-order valence-electron chi connectivity index (χ2n) is 6.78. The average molecular weight is 343 g/mol. The Morgan fingerprint density at radius 1 is 1.24 bits per heavy atom. The van der Waals surface area contributed by atoms with Crippen molar-refractivity contribution in [2.24, 2.45) is 5.92 Å². The highest BCUT2D eigenvalue weighted by Gasteiger charge is 2.27. The van der Waals surface area contributed by atoms with E-state index in [1.165, 1.54) is 0 Å². The van der Waals surface area contributed by atoms with Gasteiger partial charge in [-0.15, -0.1) is 0 Å². The first-order chi connectivity index (χ1) is 11.9. The summed E-state index contributed by atoms with van der Waals surface area (Å²) in [4.78, 5) is 16.5. The van der Waals surface area contributed by atoms with Crippen molar-refractivity contribution in [3.63, 3.8) is 0 Å². The highest BCUT2D eigenvalue weighted by Crippen LogP contribution is 2.25. The molecule has 1 aliphatic heterocycles. The van der Waals surface area contributed by atoms with Gasteiger partial charge in [-0.25, -0.2) is 0 Å². The number of rotatable bonds is 5. The Kier molecular flexibility index (Phi) is 6.19. The smallest absolute Gasteiger partial charge is 0.240 e. The summed E-state index contributed by atoms with van der Waals surface area (Å²) < 4.78 is 5.47. The van der Waals surface area contributed by atoms with E-state index in [4.69, 9.17) is 4.42 Å². The second-order valence-corrected chi connectivity index (χ2v) is 6.78. The minimum atomic E-state index is -0.195. The number of anilines is 1. The molecule has 0 aromatic carbocycles. The largest absolute Gasteiger partial charge is 0.444 e. The predicted octanol–water partition coefficient (Wildman–Crippen LogP) is 1.87. The fourth-order valence-electron chi connectivity index (χ4n) is 3.07. The Hall–Kier alpha value is -2.35. The lowest BCUT2D eigenvalue weighted by atomic mass is 10.0. The average Bonchev–Trinajstić information content (AvgIpc) is 2.82. The van der Waals surface area contributed by atoms with Crippen LogP contribution in [0.5, 0.6) is 0 Å². The van der Waals surface area contributed by atoms with Gasteiger partial charge in [-0.3, -0.25) is 19.9 Å². The van der Waals surface area contributed by atoms with Crippen LogP contribution >= 0.6 is 0 Å². The van der Waals surface area contributed by atoms with Crippen LogP contribution in [0.25, 0.3) is 0 Å². The monoisotopic (exact) mass is 343 g/mol. The van der Waals surface area contributed by atoms with Gasteiger partial charge >= 0.3 is 0 Å². The maximum atomic E-state index is 12.3. The van der Waals surface area contributed by atoms with E-state index in [-0.39, 0.29) is 30.3 Å². The van der Waals surface area contributed by atoms with E-state index < -0.39 is 0 Å². The molecule has 134 valence electrons. The van der Waals surface area contributed by atoms with E-state index in [1.807, 2.05) is 13.8 Å². The number of nitrogens with one attached hydrogen (secondary N) is 1. The first kappa shape index (κ1) is 19.0. The lowest BCUT2D eigenvalue weighted by molar-refractivity contribution is -0.117. The number of hydrogen-bond acceptors (Lipinski definition) is 6. The number of amides is 1. The van der Waals surface area contributed by atoms with Gasteiger partial charge < -0.3 is 4.42 Å². The van der Waals surface area contributed by atoms with Crippen molar-refractivity contribution in [3.8, 4) is 12.1 Å². The summed E-state index contributed by atoms with van der Waals surface area (Å²) in [6.45, 7) is 10.9. The molecule has 1 aliphatic rings. The van der Waals surface area contributed by atoms with E-state index in [2.05, 4.69) is 27.3 Å². The molecule has 1 atom stereocenters. The van der Waals surface area contributed by atoms with E-state index in [1.54, 1.807) is 13.8 Å². The Balaban J connectivity index is 1.88. The molecule has 7 heteroatoms. The Morgan fingerprint density at radius 2 is 1.88 bits per heavy atom. The normalized spacial score (nSPS) is 17.1. The summed E-state index contributed by atoms with van der Waals surface area (Å²) in [7, 11) is 0. The topological polar surface area (TPSA) is 96.3 Å². The quantitative estimate of drug-likeness (QED) is 0.877. The third kappa shape index (κ3) is 4.39. The van der Waals surface area contributed by atoms with Gasteiger partial charge in [0.05, 0.1) is 12.6 Å². The van der Waals surface area contributed by atoms with Crippen LogP contribution in [-0.4, -0.2) is 54.5 Å². The van der Waals surface area contributed by atoms with Crippen molar-refractivity contribution in [2.45, 2.75) is 33.7 Å². The molecule has 1 amide bonds. The van der Waals surface area contributed by atoms with Crippen molar-refractivity contribution < 1.29 is 9.21 Å². The van der Waals surface area contributed by atoms with Crippen LogP contribution < -0.4 is 5.32 Å². The molecule has 2 heterocycles. The van der Waals surface area contributed by atoms with Crippen LogP contribution in [0.15, 0.2) is 4.42 Å². The SMILES string of the molecule is Cc1oc(NC(=O)CN2CCN([C@H](C#N)C(C)C)CC2)c(C#N)c1C. The van der Waals surface area contributed by atoms with Gasteiger partial charge in [-0.2, -0.15) is 10.5 Å². The first-order valence-electron chi connectivity index (χ1n) is 8.53. The van der Waals surface area contributed by atoms with Crippen LogP contribution in [0.3, 0.4) is 0 Å². The van der Waals surface area contributed by atoms with Gasteiger partial charge in [-0.1, -0.05) is 13.8 Å². The van der Waals surface area contributed by atoms with Crippen molar-refractivity contribution in [2.75, 3.05) is 38.0 Å². The Labute approximate surface area is 148 Å². The number of hydrogen-bond donors (Lipinski definition) is 1. The minimum absolute atomic E-state index is 0.0803. The fourth-order valence-corrected chi connectivity index (χ4v) is 3.07. The molecule has 0 bridgehead atoms. The first-order valence-corrected chi connectivity index (χ1v) is 8.53. The molecular weight excluding hydrogens is 318 g/mol. The highest BCUT2D eigenvalue weighted by atomic mass is 16.4. The van der Waals surface area contributed by atoms with Crippen LogP contribution in [-0.2, 0) is 4.79 Å². The van der Waals surface area contributed by atoms with Crippen LogP contribution in [0.2, 0.25) is 0 Å². The summed E-state index contributed by atoms with van der Waals surface area (Å²) in [5.41, 5.74) is 1.13. The van der Waals surface area contributed by atoms with Gasteiger partial charge in [0.25, 0.3) is 0 Å². The highest BCUT2D eigenvalue weighted by molar-refractivity contribution is 5.92. The molecule has 0 spiro atoms. The number of carbonyl (C=O) groups is 1. The summed E-state index contributed by atoms with van der Waals surface area (Å²) in [5, 5.41) is 21.2. The zero-order valence-electron chi connectivity index (χ0n) is 15.3. The molecule has 25 heavy (non-hydrogen) atoms. The maximum absolute atomic E-state index is 12.3. The molecule has 1 aromatic rings. The molecule has 0 unspecified atom stereocenters. The van der Waals surface area contributed by atoms with Crippen LogP contribution in [0, 0.1) is 42.4 Å². The fraction of sp³-hybridized carbons (Fsp3) is 0.611. The molecule has 1 fully saturated rings. The number of nitrogens with zero attached hydrogens (tertiary/aromatic N) is 4. The molecule has 0 radical (unpaired) electrons. The predicted molar refractivity (Wildman–Crippen MR) is 93.8 cm³/mol. The Morgan fingerprint density at radius 3 is 2.40 bits per heavy atom. The molecular formula is C18H25N5O2. The third-order valence-electron chi connectivity index (χ3n) is 4.68. The second kappa shape index (κ2) is 8.15. The summed E-state index contributed by atoms with van der Waals surface area (Å²) in [6, 6.07) is 4.35. The molecule has 1 aromatic heterocycles. The van der Waals surface area contributed by atoms with Crippen molar-refractivity contribution in [1.82, 2.24) is 9.80 Å². The lowest BCUT2D eigenvalue weighted by Gasteiger charge is -2.37. The zero-order chi connectivity index (χ0) is 18.6. The number of nitriles is 2. The third-order valence-corrected chi connectivity index (χ3v) is 4.68. The number of furan rings is 1. The summed E-state index contributed by atoms with van der Waals surface area (Å²) in [6.07, 6.45) is 0. The molecule has 1 N–H and O–H groups in total. The van der Waals surface area contributed by atoms with E-state index in [0.29, 0.717) is 11.3 Å². The molecule has 1 saturated heterocycles. The number of aryl methyl sites for hydroxylation is 1. The Bertz CT molecular complexity index is 702. The molecule has 0 aliphatic carbocycles.